The van der Waals surface area contributed by atoms with Crippen LogP contribution in [0.1, 0.15) is 17.3 Å². The zero-order valence-corrected chi connectivity index (χ0v) is 7.84. The molecule has 0 aromatic carbocycles. The fourth-order valence-electron chi connectivity index (χ4n) is 1.28. The SMILES string of the molecule is NC(c1ccncn1)c1ccncc1F. The van der Waals surface area contributed by atoms with E-state index in [9.17, 15) is 4.39 Å². The van der Waals surface area contributed by atoms with Crippen molar-refractivity contribution in [1.29, 1.82) is 0 Å². The van der Waals surface area contributed by atoms with Crippen LogP contribution in [0.25, 0.3) is 0 Å². The van der Waals surface area contributed by atoms with E-state index < -0.39 is 11.9 Å². The van der Waals surface area contributed by atoms with Crippen LogP contribution in [0, 0.1) is 5.82 Å². The van der Waals surface area contributed by atoms with Crippen molar-refractivity contribution in [3.8, 4) is 0 Å². The molecule has 2 aromatic rings. The van der Waals surface area contributed by atoms with Crippen LogP contribution in [0.5, 0.6) is 0 Å². The van der Waals surface area contributed by atoms with E-state index in [2.05, 4.69) is 15.0 Å². The van der Waals surface area contributed by atoms with Crippen LogP contribution >= 0.6 is 0 Å². The molecule has 0 aliphatic heterocycles. The highest BCUT2D eigenvalue weighted by Gasteiger charge is 2.13. The maximum absolute atomic E-state index is 13.3. The van der Waals surface area contributed by atoms with Crippen LogP contribution in [0.2, 0.25) is 0 Å². The Morgan fingerprint density at radius 3 is 2.67 bits per heavy atom. The molecule has 0 radical (unpaired) electrons. The molecule has 15 heavy (non-hydrogen) atoms. The average Bonchev–Trinajstić information content (AvgIpc) is 2.30. The van der Waals surface area contributed by atoms with Crippen LogP contribution in [0.3, 0.4) is 0 Å². The molecular weight excluding hydrogens is 195 g/mol. The van der Waals surface area contributed by atoms with Crippen molar-refractivity contribution in [3.05, 3.63) is 54.1 Å². The minimum Gasteiger partial charge on any atom is -0.319 e. The molecule has 4 nitrogen and oxygen atoms in total. The summed E-state index contributed by atoms with van der Waals surface area (Å²) in [5.74, 6) is -0.427. The van der Waals surface area contributed by atoms with Gasteiger partial charge in [0.05, 0.1) is 17.9 Å². The Kier molecular flexibility index (Phi) is 2.64. The first-order chi connectivity index (χ1) is 7.29. The Labute approximate surface area is 86.0 Å². The molecule has 2 N–H and O–H groups in total. The van der Waals surface area contributed by atoms with Crippen molar-refractivity contribution < 1.29 is 4.39 Å². The highest BCUT2D eigenvalue weighted by molar-refractivity contribution is 5.25. The smallest absolute Gasteiger partial charge is 0.146 e. The first kappa shape index (κ1) is 9.67. The molecular formula is C10H9FN4. The van der Waals surface area contributed by atoms with E-state index >= 15 is 0 Å². The van der Waals surface area contributed by atoms with Crippen LogP contribution < -0.4 is 5.73 Å². The van der Waals surface area contributed by atoms with Gasteiger partial charge in [-0.15, -0.1) is 0 Å². The van der Waals surface area contributed by atoms with Crippen LogP contribution in [0.4, 0.5) is 4.39 Å². The zero-order valence-electron chi connectivity index (χ0n) is 7.84. The van der Waals surface area contributed by atoms with Crippen molar-refractivity contribution in [2.45, 2.75) is 6.04 Å². The lowest BCUT2D eigenvalue weighted by atomic mass is 10.1. The molecule has 2 rings (SSSR count). The Hall–Kier alpha value is -1.88. The highest BCUT2D eigenvalue weighted by Crippen LogP contribution is 2.18. The Morgan fingerprint density at radius 2 is 2.00 bits per heavy atom. The lowest BCUT2D eigenvalue weighted by Gasteiger charge is -2.11. The Morgan fingerprint density at radius 1 is 1.20 bits per heavy atom. The van der Waals surface area contributed by atoms with Crippen LogP contribution in [-0.2, 0) is 0 Å². The van der Waals surface area contributed by atoms with E-state index in [0.717, 1.165) is 6.20 Å². The van der Waals surface area contributed by atoms with Gasteiger partial charge in [-0.05, 0) is 12.1 Å². The molecule has 0 saturated carbocycles. The number of pyridine rings is 1. The van der Waals surface area contributed by atoms with E-state index in [4.69, 9.17) is 5.73 Å². The summed E-state index contributed by atoms with van der Waals surface area (Å²) in [6.07, 6.45) is 5.59. The second-order valence-electron chi connectivity index (χ2n) is 3.01. The lowest BCUT2D eigenvalue weighted by Crippen LogP contribution is -2.15. The molecule has 1 unspecified atom stereocenters. The van der Waals surface area contributed by atoms with Gasteiger partial charge in [0.2, 0.25) is 0 Å². The normalized spacial score (nSPS) is 12.4. The molecule has 0 amide bonds. The summed E-state index contributed by atoms with van der Waals surface area (Å²) in [4.78, 5) is 11.4. The molecule has 2 heterocycles. The second kappa shape index (κ2) is 4.10. The van der Waals surface area contributed by atoms with Gasteiger partial charge in [0.15, 0.2) is 0 Å². The average molecular weight is 204 g/mol. The predicted molar refractivity (Wildman–Crippen MR) is 52.3 cm³/mol. The third-order valence-electron chi connectivity index (χ3n) is 2.06. The summed E-state index contributed by atoms with van der Waals surface area (Å²) < 4.78 is 13.3. The van der Waals surface area contributed by atoms with Gasteiger partial charge in [0, 0.05) is 18.0 Å². The molecule has 0 fully saturated rings. The number of halogens is 1. The minimum atomic E-state index is -0.587. The maximum atomic E-state index is 13.3. The number of nitrogens with zero attached hydrogens (tertiary/aromatic N) is 3. The minimum absolute atomic E-state index is 0.378. The monoisotopic (exact) mass is 204 g/mol. The van der Waals surface area contributed by atoms with Gasteiger partial charge >= 0.3 is 0 Å². The van der Waals surface area contributed by atoms with Crippen molar-refractivity contribution in [2.24, 2.45) is 5.73 Å². The summed E-state index contributed by atoms with van der Waals surface area (Å²) in [7, 11) is 0. The van der Waals surface area contributed by atoms with Gasteiger partial charge in [-0.25, -0.2) is 14.4 Å². The topological polar surface area (TPSA) is 64.7 Å². The molecule has 2 aromatic heterocycles. The van der Waals surface area contributed by atoms with Gasteiger partial charge < -0.3 is 5.73 Å². The number of hydrogen-bond acceptors (Lipinski definition) is 4. The molecule has 0 spiro atoms. The molecule has 0 aliphatic rings. The number of aromatic nitrogens is 3. The van der Waals surface area contributed by atoms with E-state index in [-0.39, 0.29) is 0 Å². The first-order valence-corrected chi connectivity index (χ1v) is 4.40. The zero-order chi connectivity index (χ0) is 10.7. The van der Waals surface area contributed by atoms with E-state index in [1.807, 2.05) is 0 Å². The van der Waals surface area contributed by atoms with E-state index in [0.29, 0.717) is 11.3 Å². The van der Waals surface area contributed by atoms with Crippen molar-refractivity contribution in [1.82, 2.24) is 15.0 Å². The number of rotatable bonds is 2. The van der Waals surface area contributed by atoms with E-state index in [1.54, 1.807) is 18.3 Å². The quantitative estimate of drug-likeness (QED) is 0.794. The van der Waals surface area contributed by atoms with Gasteiger partial charge in [-0.3, -0.25) is 4.98 Å². The van der Waals surface area contributed by atoms with Crippen LogP contribution in [0.15, 0.2) is 37.1 Å². The second-order valence-corrected chi connectivity index (χ2v) is 3.01. The molecule has 1 atom stereocenters. The highest BCUT2D eigenvalue weighted by atomic mass is 19.1. The molecule has 76 valence electrons. The van der Waals surface area contributed by atoms with Gasteiger partial charge in [-0.2, -0.15) is 0 Å². The fraction of sp³-hybridized carbons (Fsp3) is 0.100. The molecule has 5 heteroatoms. The summed E-state index contributed by atoms with van der Waals surface area (Å²) in [6, 6.07) is 2.61. The van der Waals surface area contributed by atoms with Crippen molar-refractivity contribution in [3.63, 3.8) is 0 Å². The lowest BCUT2D eigenvalue weighted by molar-refractivity contribution is 0.590. The number of nitrogens with two attached hydrogens (primary N) is 1. The van der Waals surface area contributed by atoms with Crippen molar-refractivity contribution in [2.75, 3.05) is 0 Å². The Bertz CT molecular complexity index is 446. The third-order valence-corrected chi connectivity index (χ3v) is 2.06. The fourth-order valence-corrected chi connectivity index (χ4v) is 1.28. The summed E-state index contributed by atoms with van der Waals surface area (Å²) in [5, 5.41) is 0. The van der Waals surface area contributed by atoms with Crippen LogP contribution in [-0.4, -0.2) is 15.0 Å². The summed E-state index contributed by atoms with van der Waals surface area (Å²) >= 11 is 0. The Balaban J connectivity index is 2.37. The van der Waals surface area contributed by atoms with E-state index in [1.165, 1.54) is 12.5 Å². The van der Waals surface area contributed by atoms with Gasteiger partial charge in [0.1, 0.15) is 12.1 Å². The standard InChI is InChI=1S/C10H9FN4/c11-8-5-13-3-1-7(8)10(12)9-2-4-14-6-15-9/h1-6,10H,12H2. The van der Waals surface area contributed by atoms with Gasteiger partial charge in [-0.1, -0.05) is 0 Å². The maximum Gasteiger partial charge on any atom is 0.146 e. The first-order valence-electron chi connectivity index (χ1n) is 4.40. The molecule has 0 bridgehead atoms. The largest absolute Gasteiger partial charge is 0.319 e. The predicted octanol–water partition coefficient (Wildman–Crippen LogP) is 1.06. The van der Waals surface area contributed by atoms with Crippen molar-refractivity contribution >= 4 is 0 Å². The molecule has 0 aliphatic carbocycles. The van der Waals surface area contributed by atoms with Gasteiger partial charge in [0.25, 0.3) is 0 Å². The summed E-state index contributed by atoms with van der Waals surface area (Å²) in [5.41, 5.74) is 6.82. The molecule has 0 saturated heterocycles. The third kappa shape index (κ3) is 1.97. The summed E-state index contributed by atoms with van der Waals surface area (Å²) in [6.45, 7) is 0. The number of hydrogen-bond donors (Lipinski definition) is 1.